The van der Waals surface area contributed by atoms with Gasteiger partial charge < -0.3 is 29.0 Å². The predicted molar refractivity (Wildman–Crippen MR) is 102 cm³/mol. The van der Waals surface area contributed by atoms with Gasteiger partial charge in [0.25, 0.3) is 5.91 Å². The van der Waals surface area contributed by atoms with E-state index in [1.807, 2.05) is 0 Å². The van der Waals surface area contributed by atoms with Crippen LogP contribution in [0, 0.1) is 0 Å². The maximum absolute atomic E-state index is 12.5. The Morgan fingerprint density at radius 1 is 1.09 bits per heavy atom. The molecule has 0 saturated carbocycles. The molecule has 4 unspecified atom stereocenters. The Hall–Kier alpha value is -3.84. The van der Waals surface area contributed by atoms with Crippen LogP contribution in [-0.4, -0.2) is 74.3 Å². The zero-order chi connectivity index (χ0) is 21.5. The van der Waals surface area contributed by atoms with Gasteiger partial charge >= 0.3 is 6.01 Å². The second-order valence-electron chi connectivity index (χ2n) is 7.39. The van der Waals surface area contributed by atoms with Crippen LogP contribution in [0.25, 0.3) is 0 Å². The van der Waals surface area contributed by atoms with Gasteiger partial charge in [-0.1, -0.05) is 5.10 Å². The SMILES string of the molecule is O=C(NC1COC2C1OCC2n1nnnc1Oc1ccc2c(c1)OCO2)c1cncnc1. The van der Waals surface area contributed by atoms with Crippen molar-refractivity contribution in [1.82, 2.24) is 35.5 Å². The van der Waals surface area contributed by atoms with Crippen LogP contribution < -0.4 is 19.5 Å². The monoisotopic (exact) mass is 439 g/mol. The van der Waals surface area contributed by atoms with Crippen LogP contribution in [0.5, 0.6) is 23.3 Å². The zero-order valence-electron chi connectivity index (χ0n) is 16.5. The Morgan fingerprint density at radius 2 is 1.94 bits per heavy atom. The molecule has 3 aromatic rings. The lowest BCUT2D eigenvalue weighted by atomic mass is 10.1. The van der Waals surface area contributed by atoms with Gasteiger partial charge in [0.05, 0.1) is 24.8 Å². The summed E-state index contributed by atoms with van der Waals surface area (Å²) in [5.74, 6) is 1.45. The number of carbonyl (C=O) groups is 1. The summed E-state index contributed by atoms with van der Waals surface area (Å²) in [6.07, 6.45) is 3.57. The van der Waals surface area contributed by atoms with Crippen LogP contribution >= 0.6 is 0 Å². The lowest BCUT2D eigenvalue weighted by Crippen LogP contribution is -2.44. The van der Waals surface area contributed by atoms with Crippen LogP contribution in [0.2, 0.25) is 0 Å². The molecule has 0 radical (unpaired) electrons. The van der Waals surface area contributed by atoms with Crippen molar-refractivity contribution < 1.29 is 28.5 Å². The minimum Gasteiger partial charge on any atom is -0.454 e. The number of carbonyl (C=O) groups excluding carboxylic acids is 1. The van der Waals surface area contributed by atoms with Gasteiger partial charge in [-0.3, -0.25) is 4.79 Å². The highest BCUT2D eigenvalue weighted by molar-refractivity contribution is 5.93. The standard InChI is InChI=1S/C19H17N7O6/c27-18(10-4-20-8-21-5-10)22-12-6-28-17-13(7-29-16(12)17)26-19(23-24-25-26)32-11-1-2-14-15(3-11)31-9-30-14/h1-5,8,12-13,16-17H,6-7,9H2,(H,22,27). The van der Waals surface area contributed by atoms with E-state index in [4.69, 9.17) is 23.7 Å². The number of fused-ring (bicyclic) bond motifs is 2. The van der Waals surface area contributed by atoms with E-state index < -0.39 is 0 Å². The number of ether oxygens (including phenoxy) is 5. The zero-order valence-corrected chi connectivity index (χ0v) is 16.5. The Balaban J connectivity index is 1.16. The minimum atomic E-state index is -0.352. The van der Waals surface area contributed by atoms with Gasteiger partial charge in [0.15, 0.2) is 11.5 Å². The molecule has 4 atom stereocenters. The number of aromatic nitrogens is 6. The molecular formula is C19H17N7O6. The van der Waals surface area contributed by atoms with Crippen LogP contribution in [0.1, 0.15) is 16.4 Å². The van der Waals surface area contributed by atoms with E-state index >= 15 is 0 Å². The van der Waals surface area contributed by atoms with Gasteiger partial charge in [-0.15, -0.1) is 0 Å². The van der Waals surface area contributed by atoms with E-state index in [0.717, 1.165) is 0 Å². The van der Waals surface area contributed by atoms with Gasteiger partial charge in [0, 0.05) is 18.5 Å². The Kier molecular flexibility index (Phi) is 4.54. The second-order valence-corrected chi connectivity index (χ2v) is 7.39. The average Bonchev–Trinajstić information content (AvgIpc) is 3.60. The number of hydrogen-bond acceptors (Lipinski definition) is 11. The topological polar surface area (TPSA) is 145 Å². The summed E-state index contributed by atoms with van der Waals surface area (Å²) in [4.78, 5) is 20.2. The Labute approximate surface area is 180 Å². The Morgan fingerprint density at radius 3 is 2.84 bits per heavy atom. The van der Waals surface area contributed by atoms with Crippen molar-refractivity contribution in [3.63, 3.8) is 0 Å². The third kappa shape index (κ3) is 3.27. The maximum Gasteiger partial charge on any atom is 0.341 e. The van der Waals surface area contributed by atoms with E-state index in [1.165, 1.54) is 23.4 Å². The highest BCUT2D eigenvalue weighted by Gasteiger charge is 2.50. The molecule has 2 saturated heterocycles. The van der Waals surface area contributed by atoms with Crippen LogP contribution in [-0.2, 0) is 9.47 Å². The Bertz CT molecular complexity index is 1140. The highest BCUT2D eigenvalue weighted by atomic mass is 16.7. The average molecular weight is 439 g/mol. The van der Waals surface area contributed by atoms with Crippen molar-refractivity contribution in [2.75, 3.05) is 20.0 Å². The number of nitrogens with one attached hydrogen (secondary N) is 1. The smallest absolute Gasteiger partial charge is 0.341 e. The van der Waals surface area contributed by atoms with Crippen LogP contribution in [0.3, 0.4) is 0 Å². The molecule has 3 aliphatic rings. The molecule has 2 aromatic heterocycles. The quantitative estimate of drug-likeness (QED) is 0.579. The lowest BCUT2D eigenvalue weighted by molar-refractivity contribution is 0.0606. The number of tetrazole rings is 1. The van der Waals surface area contributed by atoms with Gasteiger partial charge in [-0.2, -0.15) is 4.68 Å². The van der Waals surface area contributed by atoms with Crippen molar-refractivity contribution in [1.29, 1.82) is 0 Å². The molecule has 3 aliphatic heterocycles. The fourth-order valence-corrected chi connectivity index (χ4v) is 3.99. The summed E-state index contributed by atoms with van der Waals surface area (Å²) in [6, 6.07) is 4.75. The summed E-state index contributed by atoms with van der Waals surface area (Å²) in [5, 5.41) is 14.7. The third-order valence-corrected chi connectivity index (χ3v) is 5.50. The van der Waals surface area contributed by atoms with Crippen LogP contribution in [0.4, 0.5) is 0 Å². The van der Waals surface area contributed by atoms with E-state index in [9.17, 15) is 4.79 Å². The molecule has 2 fully saturated rings. The maximum atomic E-state index is 12.5. The normalized spacial score (nSPS) is 25.5. The first-order valence-electron chi connectivity index (χ1n) is 9.91. The number of hydrogen-bond donors (Lipinski definition) is 1. The first-order valence-corrected chi connectivity index (χ1v) is 9.91. The molecule has 0 bridgehead atoms. The molecule has 0 aliphatic carbocycles. The first-order chi connectivity index (χ1) is 15.8. The number of amides is 1. The van der Waals surface area contributed by atoms with Gasteiger partial charge in [0.1, 0.15) is 30.3 Å². The summed E-state index contributed by atoms with van der Waals surface area (Å²) in [6.45, 7) is 0.774. The molecular weight excluding hydrogens is 422 g/mol. The molecule has 6 rings (SSSR count). The molecule has 0 spiro atoms. The molecule has 32 heavy (non-hydrogen) atoms. The number of benzene rings is 1. The van der Waals surface area contributed by atoms with Crippen LogP contribution in [0.15, 0.2) is 36.9 Å². The largest absolute Gasteiger partial charge is 0.454 e. The number of nitrogens with zero attached hydrogens (tertiary/aromatic N) is 6. The minimum absolute atomic E-state index is 0.172. The van der Waals surface area contributed by atoms with Crippen molar-refractivity contribution in [3.05, 3.63) is 42.5 Å². The third-order valence-electron chi connectivity index (χ3n) is 5.50. The van der Waals surface area contributed by atoms with Crippen molar-refractivity contribution in [3.8, 4) is 23.3 Å². The van der Waals surface area contributed by atoms with Gasteiger partial charge in [-0.25, -0.2) is 9.97 Å². The molecule has 5 heterocycles. The fraction of sp³-hybridized carbons (Fsp3) is 0.368. The van der Waals surface area contributed by atoms with Gasteiger partial charge in [-0.05, 0) is 22.6 Å². The van der Waals surface area contributed by atoms with Crippen molar-refractivity contribution in [2.24, 2.45) is 0 Å². The van der Waals surface area contributed by atoms with E-state index in [-0.39, 0.29) is 43.0 Å². The summed E-state index contributed by atoms with van der Waals surface area (Å²) in [5.41, 5.74) is 0.366. The molecule has 164 valence electrons. The second kappa shape index (κ2) is 7.69. The molecule has 13 nitrogen and oxygen atoms in total. The van der Waals surface area contributed by atoms with E-state index in [2.05, 4.69) is 30.8 Å². The van der Waals surface area contributed by atoms with Gasteiger partial charge in [0.2, 0.25) is 6.79 Å². The summed E-state index contributed by atoms with van der Waals surface area (Å²) in [7, 11) is 0. The number of rotatable bonds is 5. The van der Waals surface area contributed by atoms with E-state index in [1.54, 1.807) is 18.2 Å². The first kappa shape index (κ1) is 18.9. The summed E-state index contributed by atoms with van der Waals surface area (Å²) >= 11 is 0. The van der Waals surface area contributed by atoms with E-state index in [0.29, 0.717) is 36.0 Å². The predicted octanol–water partition coefficient (Wildman–Crippen LogP) is 0.121. The fourth-order valence-electron chi connectivity index (χ4n) is 3.99. The molecule has 13 heteroatoms. The molecule has 1 N–H and O–H groups in total. The lowest BCUT2D eigenvalue weighted by Gasteiger charge is -2.18. The highest BCUT2D eigenvalue weighted by Crippen LogP contribution is 2.38. The molecule has 1 amide bonds. The molecule has 1 aromatic carbocycles. The summed E-state index contributed by atoms with van der Waals surface area (Å²) < 4.78 is 30.0. The van der Waals surface area contributed by atoms with Crippen molar-refractivity contribution in [2.45, 2.75) is 24.3 Å². The van der Waals surface area contributed by atoms with Crippen molar-refractivity contribution >= 4 is 5.91 Å².